The molecule has 116 valence electrons. The molecule has 3 aromatic carbocycles. The van der Waals surface area contributed by atoms with Gasteiger partial charge in [-0.25, -0.2) is 0 Å². The number of hydrogen-bond donors (Lipinski definition) is 1. The molecule has 0 aromatic heterocycles. The second kappa shape index (κ2) is 6.52. The summed E-state index contributed by atoms with van der Waals surface area (Å²) < 4.78 is 6.10. The van der Waals surface area contributed by atoms with Gasteiger partial charge in [0.25, 0.3) is 5.90 Å². The van der Waals surface area contributed by atoms with Gasteiger partial charge in [-0.05, 0) is 17.2 Å². The Hall–Kier alpha value is -3.17. The minimum Gasteiger partial charge on any atom is -0.428 e. The van der Waals surface area contributed by atoms with Gasteiger partial charge in [0, 0.05) is 23.3 Å². The molecule has 24 heavy (non-hydrogen) atoms. The number of quaternary nitrogens is 1. The van der Waals surface area contributed by atoms with Gasteiger partial charge in [0.1, 0.15) is 0 Å². The molecular weight excluding hydrogens is 296 g/mol. The summed E-state index contributed by atoms with van der Waals surface area (Å²) in [6.07, 6.45) is 2.00. The van der Waals surface area contributed by atoms with Crippen LogP contribution in [-0.4, -0.2) is 5.90 Å². The lowest BCUT2D eigenvalue weighted by Gasteiger charge is -2.19. The summed E-state index contributed by atoms with van der Waals surface area (Å²) in [6, 6.07) is 30.3. The lowest BCUT2D eigenvalue weighted by molar-refractivity contribution is -0.784. The average molecular weight is 313 g/mol. The standard InChI is InChI=1S/C21H16N2O/c1-4-10-17(11-5-1)20-16-23(19-14-8-3-9-15-19)22-21(24-20)18-12-6-2-7-13-18/h1-16H/p+1. The zero-order chi connectivity index (χ0) is 16.2. The van der Waals surface area contributed by atoms with Crippen molar-refractivity contribution in [2.75, 3.05) is 0 Å². The number of nitrogens with zero attached hydrogens (tertiary/aromatic N) is 1. The van der Waals surface area contributed by atoms with Crippen LogP contribution in [0, 0.1) is 0 Å². The Kier molecular flexibility index (Phi) is 3.92. The predicted molar refractivity (Wildman–Crippen MR) is 95.5 cm³/mol. The molecule has 1 aliphatic rings. The molecule has 0 bridgehead atoms. The molecule has 0 radical (unpaired) electrons. The van der Waals surface area contributed by atoms with Crippen LogP contribution in [0.15, 0.2) is 102 Å². The predicted octanol–water partition coefficient (Wildman–Crippen LogP) is 3.59. The Bertz CT molecular complexity index is 816. The summed E-state index contributed by atoms with van der Waals surface area (Å²) in [5.74, 6) is 1.43. The number of rotatable bonds is 3. The van der Waals surface area contributed by atoms with Gasteiger partial charge in [-0.15, -0.1) is 5.01 Å². The van der Waals surface area contributed by atoms with Crippen molar-refractivity contribution in [1.29, 1.82) is 0 Å². The first-order valence-electron chi connectivity index (χ1n) is 7.91. The quantitative estimate of drug-likeness (QED) is 0.785. The molecule has 4 rings (SSSR count). The number of hydrogen-bond acceptors (Lipinski definition) is 2. The van der Waals surface area contributed by atoms with Crippen molar-refractivity contribution in [3.63, 3.8) is 0 Å². The van der Waals surface area contributed by atoms with Gasteiger partial charge in [-0.1, -0.05) is 66.7 Å². The molecule has 1 N–H and O–H groups in total. The summed E-state index contributed by atoms with van der Waals surface area (Å²) in [5, 5.41) is 5.64. The van der Waals surface area contributed by atoms with Crippen LogP contribution < -0.4 is 5.01 Å². The van der Waals surface area contributed by atoms with E-state index in [1.165, 1.54) is 0 Å². The third-order valence-corrected chi connectivity index (χ3v) is 3.85. The van der Waals surface area contributed by atoms with Crippen molar-refractivity contribution in [2.24, 2.45) is 5.10 Å². The molecule has 0 fully saturated rings. The van der Waals surface area contributed by atoms with Crippen LogP contribution in [0.2, 0.25) is 0 Å². The van der Waals surface area contributed by atoms with Gasteiger partial charge in [0.05, 0.1) is 0 Å². The highest BCUT2D eigenvalue weighted by molar-refractivity contribution is 5.97. The second-order valence-electron chi connectivity index (χ2n) is 5.51. The van der Waals surface area contributed by atoms with Crippen LogP contribution in [0.3, 0.4) is 0 Å². The third kappa shape index (κ3) is 2.98. The van der Waals surface area contributed by atoms with E-state index in [1.54, 1.807) is 0 Å². The normalized spacial score (nSPS) is 16.8. The Morgan fingerprint density at radius 3 is 1.79 bits per heavy atom. The van der Waals surface area contributed by atoms with Gasteiger partial charge in [-0.3, -0.25) is 0 Å². The molecule has 0 saturated heterocycles. The van der Waals surface area contributed by atoms with Crippen LogP contribution in [-0.2, 0) is 4.74 Å². The van der Waals surface area contributed by atoms with Crippen LogP contribution >= 0.6 is 0 Å². The van der Waals surface area contributed by atoms with E-state index in [4.69, 9.17) is 9.84 Å². The summed E-state index contributed by atoms with van der Waals surface area (Å²) in [6.45, 7) is 0. The summed E-state index contributed by atoms with van der Waals surface area (Å²) >= 11 is 0. The molecule has 3 aromatic rings. The van der Waals surface area contributed by atoms with Crippen molar-refractivity contribution < 1.29 is 9.75 Å². The highest BCUT2D eigenvalue weighted by Gasteiger charge is 2.23. The van der Waals surface area contributed by atoms with Crippen molar-refractivity contribution in [2.45, 2.75) is 0 Å². The van der Waals surface area contributed by atoms with Crippen molar-refractivity contribution in [3.05, 3.63) is 108 Å². The SMILES string of the molecule is C1=C(c2ccccc2)OC(c2ccccc2)=N[NH+]1c1ccccc1. The summed E-state index contributed by atoms with van der Waals surface area (Å²) in [5.41, 5.74) is 3.07. The summed E-state index contributed by atoms with van der Waals surface area (Å²) in [4.78, 5) is 0. The van der Waals surface area contributed by atoms with E-state index in [1.807, 2.05) is 85.1 Å². The zero-order valence-electron chi connectivity index (χ0n) is 13.1. The number of ether oxygens (including phenoxy) is 1. The van der Waals surface area contributed by atoms with E-state index in [9.17, 15) is 0 Å². The fourth-order valence-corrected chi connectivity index (χ4v) is 2.63. The van der Waals surface area contributed by atoms with E-state index in [-0.39, 0.29) is 0 Å². The summed E-state index contributed by atoms with van der Waals surface area (Å²) in [7, 11) is 0. The van der Waals surface area contributed by atoms with Crippen LogP contribution in [0.25, 0.3) is 5.76 Å². The van der Waals surface area contributed by atoms with Gasteiger partial charge < -0.3 is 4.74 Å². The zero-order valence-corrected chi connectivity index (χ0v) is 13.1. The maximum Gasteiger partial charge on any atom is 0.280 e. The first-order valence-corrected chi connectivity index (χ1v) is 7.91. The molecule has 0 saturated carbocycles. The number of nitrogens with one attached hydrogen (secondary N) is 1. The van der Waals surface area contributed by atoms with Crippen molar-refractivity contribution in [1.82, 2.24) is 0 Å². The lowest BCUT2D eigenvalue weighted by atomic mass is 10.1. The number of para-hydroxylation sites is 1. The molecule has 0 aliphatic carbocycles. The van der Waals surface area contributed by atoms with Crippen molar-refractivity contribution in [3.8, 4) is 0 Å². The van der Waals surface area contributed by atoms with Crippen LogP contribution in [0.1, 0.15) is 11.1 Å². The minimum absolute atomic E-state index is 0.621. The molecule has 3 nitrogen and oxygen atoms in total. The molecule has 1 heterocycles. The molecule has 0 amide bonds. The smallest absolute Gasteiger partial charge is 0.280 e. The molecule has 1 atom stereocenters. The van der Waals surface area contributed by atoms with Crippen molar-refractivity contribution >= 4 is 17.3 Å². The molecule has 1 unspecified atom stereocenters. The highest BCUT2D eigenvalue weighted by atomic mass is 16.5. The van der Waals surface area contributed by atoms with Gasteiger partial charge in [0.15, 0.2) is 17.6 Å². The van der Waals surface area contributed by atoms with E-state index in [0.29, 0.717) is 5.90 Å². The largest absolute Gasteiger partial charge is 0.428 e. The van der Waals surface area contributed by atoms with Gasteiger partial charge in [-0.2, -0.15) is 0 Å². The Labute approximate surface area is 141 Å². The van der Waals surface area contributed by atoms with Gasteiger partial charge >= 0.3 is 0 Å². The van der Waals surface area contributed by atoms with E-state index in [0.717, 1.165) is 27.6 Å². The topological polar surface area (TPSA) is 26.0 Å². The van der Waals surface area contributed by atoms with E-state index >= 15 is 0 Å². The average Bonchev–Trinajstić information content (AvgIpc) is 2.70. The first-order chi connectivity index (χ1) is 11.9. The van der Waals surface area contributed by atoms with E-state index < -0.39 is 0 Å². The number of benzene rings is 3. The Morgan fingerprint density at radius 1 is 0.625 bits per heavy atom. The minimum atomic E-state index is 0.621. The Balaban J connectivity index is 1.78. The van der Waals surface area contributed by atoms with Crippen LogP contribution in [0.5, 0.6) is 0 Å². The lowest BCUT2D eigenvalue weighted by Crippen LogP contribution is -2.98. The molecule has 0 spiro atoms. The molecule has 3 heteroatoms. The third-order valence-electron chi connectivity index (χ3n) is 3.85. The molecular formula is C21H17N2O+. The monoisotopic (exact) mass is 313 g/mol. The molecule has 1 aliphatic heterocycles. The van der Waals surface area contributed by atoms with E-state index in [2.05, 4.69) is 12.1 Å². The maximum atomic E-state index is 6.10. The first kappa shape index (κ1) is 14.4. The van der Waals surface area contributed by atoms with Crippen LogP contribution in [0.4, 0.5) is 5.69 Å². The maximum absolute atomic E-state index is 6.10. The Morgan fingerprint density at radius 2 is 1.17 bits per heavy atom. The fraction of sp³-hybridized carbons (Fsp3) is 0. The second-order valence-corrected chi connectivity index (χ2v) is 5.51. The highest BCUT2D eigenvalue weighted by Crippen LogP contribution is 2.19. The fourth-order valence-electron chi connectivity index (χ4n) is 2.63. The van der Waals surface area contributed by atoms with Gasteiger partial charge in [0.2, 0.25) is 0 Å².